The van der Waals surface area contributed by atoms with Crippen LogP contribution in [0.4, 0.5) is 5.69 Å². The summed E-state index contributed by atoms with van der Waals surface area (Å²) in [6, 6.07) is 15.1. The van der Waals surface area contributed by atoms with Crippen LogP contribution in [0.3, 0.4) is 0 Å². The maximum atomic E-state index is 11.0. The lowest BCUT2D eigenvalue weighted by molar-refractivity contribution is -0.140. The topological polar surface area (TPSA) is 85.3 Å². The number of hydrogen-bond acceptors (Lipinski definition) is 5. The SMILES string of the molecule is COC(=O)CCCCCOc1ccc(-c2ccc(C#N)cc2)cc1N. The molecule has 0 bridgehead atoms. The molecule has 0 aliphatic heterocycles. The average Bonchev–Trinajstić information content (AvgIpc) is 2.65. The fourth-order valence-electron chi connectivity index (χ4n) is 2.43. The summed E-state index contributed by atoms with van der Waals surface area (Å²) in [5, 5.41) is 8.85. The van der Waals surface area contributed by atoms with E-state index in [4.69, 9.17) is 15.7 Å². The number of nitrogens with zero attached hydrogens (tertiary/aromatic N) is 1. The van der Waals surface area contributed by atoms with Gasteiger partial charge in [0, 0.05) is 6.42 Å². The summed E-state index contributed by atoms with van der Waals surface area (Å²) in [5.74, 6) is 0.480. The first-order valence-corrected chi connectivity index (χ1v) is 8.23. The summed E-state index contributed by atoms with van der Waals surface area (Å²) in [4.78, 5) is 11.0. The van der Waals surface area contributed by atoms with Gasteiger partial charge in [0.2, 0.25) is 0 Å². The molecule has 25 heavy (non-hydrogen) atoms. The lowest BCUT2D eigenvalue weighted by atomic mass is 10.0. The summed E-state index contributed by atoms with van der Waals surface area (Å²) >= 11 is 0. The Hall–Kier alpha value is -3.00. The molecule has 5 nitrogen and oxygen atoms in total. The number of nitrogen functional groups attached to an aromatic ring is 1. The van der Waals surface area contributed by atoms with Crippen molar-refractivity contribution in [2.24, 2.45) is 0 Å². The summed E-state index contributed by atoms with van der Waals surface area (Å²) in [7, 11) is 1.40. The molecule has 2 aromatic carbocycles. The van der Waals surface area contributed by atoms with Crippen LogP contribution in [0.2, 0.25) is 0 Å². The van der Waals surface area contributed by atoms with Gasteiger partial charge in [0.05, 0.1) is 31.0 Å². The first kappa shape index (κ1) is 18.3. The van der Waals surface area contributed by atoms with Crippen molar-refractivity contribution in [2.75, 3.05) is 19.5 Å². The van der Waals surface area contributed by atoms with Crippen LogP contribution in [0.5, 0.6) is 5.75 Å². The quantitative estimate of drug-likeness (QED) is 0.448. The van der Waals surface area contributed by atoms with Crippen molar-refractivity contribution in [1.29, 1.82) is 5.26 Å². The predicted octanol–water partition coefficient (Wildman–Crippen LogP) is 3.92. The van der Waals surface area contributed by atoms with E-state index in [0.29, 0.717) is 30.0 Å². The van der Waals surface area contributed by atoms with Gasteiger partial charge in [-0.2, -0.15) is 5.26 Å². The number of nitriles is 1. The molecular weight excluding hydrogens is 316 g/mol. The molecule has 0 heterocycles. The monoisotopic (exact) mass is 338 g/mol. The van der Waals surface area contributed by atoms with Crippen LogP contribution >= 0.6 is 0 Å². The van der Waals surface area contributed by atoms with Gasteiger partial charge in [-0.3, -0.25) is 4.79 Å². The highest BCUT2D eigenvalue weighted by atomic mass is 16.5. The predicted molar refractivity (Wildman–Crippen MR) is 97.0 cm³/mol. The van der Waals surface area contributed by atoms with Gasteiger partial charge < -0.3 is 15.2 Å². The Morgan fingerprint density at radius 3 is 2.44 bits per heavy atom. The number of ether oxygens (including phenoxy) is 2. The Morgan fingerprint density at radius 1 is 1.08 bits per heavy atom. The molecule has 130 valence electrons. The number of anilines is 1. The van der Waals surface area contributed by atoms with E-state index in [0.717, 1.165) is 30.4 Å². The number of nitrogens with two attached hydrogens (primary N) is 1. The van der Waals surface area contributed by atoms with Gasteiger partial charge >= 0.3 is 5.97 Å². The molecule has 0 radical (unpaired) electrons. The molecule has 2 rings (SSSR count). The van der Waals surface area contributed by atoms with Gasteiger partial charge in [-0.05, 0) is 54.7 Å². The number of benzene rings is 2. The van der Waals surface area contributed by atoms with E-state index in [9.17, 15) is 4.79 Å². The van der Waals surface area contributed by atoms with Gasteiger partial charge in [0.15, 0.2) is 0 Å². The molecule has 0 aromatic heterocycles. The molecule has 0 saturated heterocycles. The Morgan fingerprint density at radius 2 is 1.80 bits per heavy atom. The fraction of sp³-hybridized carbons (Fsp3) is 0.300. The third-order valence-corrected chi connectivity index (χ3v) is 3.87. The van der Waals surface area contributed by atoms with Crippen molar-refractivity contribution in [3.63, 3.8) is 0 Å². The second-order valence-corrected chi connectivity index (χ2v) is 5.68. The van der Waals surface area contributed by atoms with Crippen molar-refractivity contribution in [1.82, 2.24) is 0 Å². The van der Waals surface area contributed by atoms with E-state index in [1.165, 1.54) is 7.11 Å². The number of esters is 1. The zero-order valence-electron chi connectivity index (χ0n) is 14.3. The molecule has 0 atom stereocenters. The normalized spacial score (nSPS) is 10.1. The second-order valence-electron chi connectivity index (χ2n) is 5.68. The number of rotatable bonds is 8. The van der Waals surface area contributed by atoms with Gasteiger partial charge in [-0.1, -0.05) is 18.2 Å². The van der Waals surface area contributed by atoms with E-state index >= 15 is 0 Å². The lowest BCUT2D eigenvalue weighted by Gasteiger charge is -2.11. The van der Waals surface area contributed by atoms with E-state index in [2.05, 4.69) is 10.8 Å². The van der Waals surface area contributed by atoms with Crippen LogP contribution in [0.25, 0.3) is 11.1 Å². The van der Waals surface area contributed by atoms with Crippen molar-refractivity contribution in [3.8, 4) is 22.9 Å². The Bertz CT molecular complexity index is 749. The first-order chi connectivity index (χ1) is 12.1. The molecule has 2 aromatic rings. The maximum absolute atomic E-state index is 11.0. The second kappa shape index (κ2) is 9.33. The number of carbonyl (C=O) groups is 1. The van der Waals surface area contributed by atoms with Gasteiger partial charge in [0.25, 0.3) is 0 Å². The van der Waals surface area contributed by atoms with Crippen molar-refractivity contribution < 1.29 is 14.3 Å². The molecule has 0 aliphatic carbocycles. The maximum Gasteiger partial charge on any atom is 0.305 e. The molecule has 0 unspecified atom stereocenters. The highest BCUT2D eigenvalue weighted by Crippen LogP contribution is 2.29. The molecule has 0 saturated carbocycles. The Labute approximate surface area is 148 Å². The summed E-state index contributed by atoms with van der Waals surface area (Å²) in [6.45, 7) is 0.557. The standard InChI is InChI=1S/C20H22N2O3/c1-24-20(23)5-3-2-4-12-25-19-11-10-17(13-18(19)22)16-8-6-15(14-21)7-9-16/h6-11,13H,2-5,12,22H2,1H3. The van der Waals surface area contributed by atoms with E-state index in [-0.39, 0.29) is 5.97 Å². The van der Waals surface area contributed by atoms with Gasteiger partial charge in [0.1, 0.15) is 5.75 Å². The van der Waals surface area contributed by atoms with Crippen molar-refractivity contribution in [3.05, 3.63) is 48.0 Å². The molecule has 0 amide bonds. The van der Waals surface area contributed by atoms with Crippen LogP contribution < -0.4 is 10.5 Å². The molecule has 0 fully saturated rings. The van der Waals surface area contributed by atoms with Crippen molar-refractivity contribution in [2.45, 2.75) is 25.7 Å². The Balaban J connectivity index is 1.85. The third-order valence-electron chi connectivity index (χ3n) is 3.87. The van der Waals surface area contributed by atoms with E-state index < -0.39 is 0 Å². The Kier molecular flexibility index (Phi) is 6.85. The number of hydrogen-bond donors (Lipinski definition) is 1. The smallest absolute Gasteiger partial charge is 0.305 e. The number of methoxy groups -OCH3 is 1. The molecule has 2 N–H and O–H groups in total. The molecular formula is C20H22N2O3. The zero-order chi connectivity index (χ0) is 18.1. The first-order valence-electron chi connectivity index (χ1n) is 8.23. The summed E-state index contributed by atoms with van der Waals surface area (Å²) in [6.07, 6.45) is 2.99. The largest absolute Gasteiger partial charge is 0.491 e. The van der Waals surface area contributed by atoms with E-state index in [1.807, 2.05) is 30.3 Å². The third kappa shape index (κ3) is 5.54. The number of carbonyl (C=O) groups excluding carboxylic acids is 1. The molecule has 5 heteroatoms. The lowest BCUT2D eigenvalue weighted by Crippen LogP contribution is -2.02. The average molecular weight is 338 g/mol. The van der Waals surface area contributed by atoms with Crippen LogP contribution in [0.1, 0.15) is 31.2 Å². The summed E-state index contributed by atoms with van der Waals surface area (Å²) < 4.78 is 10.3. The highest BCUT2D eigenvalue weighted by Gasteiger charge is 2.05. The van der Waals surface area contributed by atoms with Crippen LogP contribution in [0, 0.1) is 11.3 Å². The minimum atomic E-state index is -0.177. The highest BCUT2D eigenvalue weighted by molar-refractivity contribution is 5.71. The van der Waals surface area contributed by atoms with Crippen LogP contribution in [0.15, 0.2) is 42.5 Å². The minimum absolute atomic E-state index is 0.177. The molecule has 0 spiro atoms. The fourth-order valence-corrected chi connectivity index (χ4v) is 2.43. The summed E-state index contributed by atoms with van der Waals surface area (Å²) in [5.41, 5.74) is 9.26. The molecule has 0 aliphatic rings. The van der Waals surface area contributed by atoms with Gasteiger partial charge in [-0.25, -0.2) is 0 Å². The number of unbranched alkanes of at least 4 members (excludes halogenated alkanes) is 2. The zero-order valence-corrected chi connectivity index (χ0v) is 14.3. The minimum Gasteiger partial charge on any atom is -0.491 e. The van der Waals surface area contributed by atoms with Crippen LogP contribution in [-0.2, 0) is 9.53 Å². The van der Waals surface area contributed by atoms with Crippen molar-refractivity contribution >= 4 is 11.7 Å². The van der Waals surface area contributed by atoms with Gasteiger partial charge in [-0.15, -0.1) is 0 Å². The van der Waals surface area contributed by atoms with Crippen LogP contribution in [-0.4, -0.2) is 19.7 Å². The van der Waals surface area contributed by atoms with E-state index in [1.54, 1.807) is 12.1 Å².